The molecule has 1 amide bonds. The molecule has 0 saturated carbocycles. The molecule has 25 heavy (non-hydrogen) atoms. The van der Waals surface area contributed by atoms with E-state index in [0.717, 1.165) is 23.7 Å². The first-order valence-electron chi connectivity index (χ1n) is 8.48. The molecule has 4 rings (SSSR count). The van der Waals surface area contributed by atoms with Crippen LogP contribution in [0.25, 0.3) is 0 Å². The van der Waals surface area contributed by atoms with Crippen LogP contribution in [0, 0.1) is 12.8 Å². The lowest BCUT2D eigenvalue weighted by molar-refractivity contribution is -0.129. The summed E-state index contributed by atoms with van der Waals surface area (Å²) in [6, 6.07) is 3.58. The zero-order valence-corrected chi connectivity index (χ0v) is 15.0. The highest BCUT2D eigenvalue weighted by atomic mass is 32.1. The van der Waals surface area contributed by atoms with Crippen LogP contribution < -0.4 is 0 Å². The van der Waals surface area contributed by atoms with Crippen LogP contribution in [0.4, 0.5) is 0 Å². The summed E-state index contributed by atoms with van der Waals surface area (Å²) in [5.74, 6) is 0.344. The molecule has 2 aromatic heterocycles. The average Bonchev–Trinajstić information content (AvgIpc) is 3.20. The van der Waals surface area contributed by atoms with Crippen LogP contribution in [0.3, 0.4) is 0 Å². The van der Waals surface area contributed by atoms with Crippen molar-refractivity contribution in [3.05, 3.63) is 46.2 Å². The monoisotopic (exact) mass is 359 g/mol. The van der Waals surface area contributed by atoms with Gasteiger partial charge in [-0.3, -0.25) is 9.78 Å². The van der Waals surface area contributed by atoms with Crippen molar-refractivity contribution in [1.29, 1.82) is 0 Å². The van der Waals surface area contributed by atoms with E-state index in [9.17, 15) is 4.79 Å². The van der Waals surface area contributed by atoms with Crippen molar-refractivity contribution in [2.24, 2.45) is 5.92 Å². The molecule has 0 aliphatic carbocycles. The number of hydrogen-bond donors (Lipinski definition) is 0. The van der Waals surface area contributed by atoms with Crippen molar-refractivity contribution >= 4 is 17.2 Å². The molecule has 0 bridgehead atoms. The molecule has 1 unspecified atom stereocenters. The van der Waals surface area contributed by atoms with E-state index in [0.29, 0.717) is 37.8 Å². The van der Waals surface area contributed by atoms with E-state index in [1.165, 1.54) is 0 Å². The van der Waals surface area contributed by atoms with Crippen LogP contribution >= 0.6 is 11.3 Å². The van der Waals surface area contributed by atoms with Gasteiger partial charge in [0.2, 0.25) is 0 Å². The molecule has 2 saturated heterocycles. The number of amides is 1. The van der Waals surface area contributed by atoms with E-state index in [2.05, 4.69) is 9.97 Å². The first-order chi connectivity index (χ1) is 12.2. The first-order valence-corrected chi connectivity index (χ1v) is 9.36. The van der Waals surface area contributed by atoms with Gasteiger partial charge in [0, 0.05) is 30.3 Å². The summed E-state index contributed by atoms with van der Waals surface area (Å²) in [4.78, 5) is 22.7. The highest BCUT2D eigenvalue weighted by molar-refractivity contribution is 7.09. The molecule has 132 valence electrons. The minimum atomic E-state index is -0.240. The molecule has 2 fully saturated rings. The second kappa shape index (κ2) is 6.82. The third-order valence-electron chi connectivity index (χ3n) is 4.95. The van der Waals surface area contributed by atoms with Gasteiger partial charge in [0.25, 0.3) is 5.91 Å². The van der Waals surface area contributed by atoms with Gasteiger partial charge in [-0.1, -0.05) is 0 Å². The smallest absolute Gasteiger partial charge is 0.255 e. The Morgan fingerprint density at radius 1 is 1.52 bits per heavy atom. The molecule has 1 atom stereocenters. The molecule has 0 aromatic carbocycles. The third kappa shape index (κ3) is 3.31. The summed E-state index contributed by atoms with van der Waals surface area (Å²) < 4.78 is 11.9. The predicted octanol–water partition coefficient (Wildman–Crippen LogP) is 2.29. The molecule has 2 aromatic rings. The topological polar surface area (TPSA) is 64.6 Å². The fourth-order valence-corrected chi connectivity index (χ4v) is 4.16. The Morgan fingerprint density at radius 3 is 3.12 bits per heavy atom. The van der Waals surface area contributed by atoms with E-state index in [1.807, 2.05) is 17.2 Å². The van der Waals surface area contributed by atoms with Crippen molar-refractivity contribution in [2.45, 2.75) is 25.6 Å². The molecule has 2 aliphatic heterocycles. The number of thiazole rings is 1. The summed E-state index contributed by atoms with van der Waals surface area (Å²) >= 11 is 1.64. The summed E-state index contributed by atoms with van der Waals surface area (Å²) in [5, 5.41) is 3.09. The number of rotatable bonds is 5. The maximum atomic E-state index is 12.5. The standard InChI is InChI=1S/C18H21N3O3S/c1-13-20-16(10-25-13)9-23-8-15-4-6-24-18(15)11-21(12-18)17(22)14-3-2-5-19-7-14/h2-3,5,7,10,15H,4,6,8-9,11-12H2,1H3. The lowest BCUT2D eigenvalue weighted by Crippen LogP contribution is -2.66. The second-order valence-electron chi connectivity index (χ2n) is 6.67. The van der Waals surface area contributed by atoms with E-state index in [-0.39, 0.29) is 11.5 Å². The number of hydrogen-bond acceptors (Lipinski definition) is 6. The number of pyridine rings is 1. The average molecular weight is 359 g/mol. The predicted molar refractivity (Wildman–Crippen MR) is 93.4 cm³/mol. The minimum absolute atomic E-state index is 0.0202. The summed E-state index contributed by atoms with van der Waals surface area (Å²) in [7, 11) is 0. The Balaban J connectivity index is 1.31. The van der Waals surface area contributed by atoms with Crippen molar-refractivity contribution in [3.63, 3.8) is 0 Å². The van der Waals surface area contributed by atoms with Crippen molar-refractivity contribution < 1.29 is 14.3 Å². The summed E-state index contributed by atoms with van der Waals surface area (Å²) in [5.41, 5.74) is 1.37. The van der Waals surface area contributed by atoms with Gasteiger partial charge in [0.05, 0.1) is 42.6 Å². The molecule has 4 heterocycles. The van der Waals surface area contributed by atoms with Gasteiger partial charge in [-0.15, -0.1) is 11.3 Å². The van der Waals surface area contributed by atoms with E-state index >= 15 is 0 Å². The van der Waals surface area contributed by atoms with Gasteiger partial charge in [0.1, 0.15) is 5.60 Å². The number of carbonyl (C=O) groups is 1. The molecule has 1 spiro atoms. The van der Waals surface area contributed by atoms with Gasteiger partial charge in [-0.2, -0.15) is 0 Å². The lowest BCUT2D eigenvalue weighted by Gasteiger charge is -2.50. The van der Waals surface area contributed by atoms with Crippen LogP contribution in [0.2, 0.25) is 0 Å². The highest BCUT2D eigenvalue weighted by Gasteiger charge is 2.54. The fraction of sp³-hybridized carbons (Fsp3) is 0.500. The zero-order valence-electron chi connectivity index (χ0n) is 14.2. The van der Waals surface area contributed by atoms with Crippen molar-refractivity contribution in [2.75, 3.05) is 26.3 Å². The van der Waals surface area contributed by atoms with Crippen LogP contribution in [0.1, 0.15) is 27.5 Å². The Bertz CT molecular complexity index is 743. The number of aromatic nitrogens is 2. The fourth-order valence-electron chi connectivity index (χ4n) is 3.57. The highest BCUT2D eigenvalue weighted by Crippen LogP contribution is 2.40. The maximum Gasteiger partial charge on any atom is 0.255 e. The third-order valence-corrected chi connectivity index (χ3v) is 5.77. The molecular weight excluding hydrogens is 338 g/mol. The maximum absolute atomic E-state index is 12.5. The summed E-state index contributed by atoms with van der Waals surface area (Å²) in [6.45, 7) is 5.17. The number of likely N-dealkylation sites (tertiary alicyclic amines) is 1. The van der Waals surface area contributed by atoms with E-state index in [4.69, 9.17) is 9.47 Å². The number of nitrogens with zero attached hydrogens (tertiary/aromatic N) is 3. The van der Waals surface area contributed by atoms with Crippen molar-refractivity contribution in [1.82, 2.24) is 14.9 Å². The van der Waals surface area contributed by atoms with Crippen LogP contribution in [-0.4, -0.2) is 52.7 Å². The molecule has 0 radical (unpaired) electrons. The van der Waals surface area contributed by atoms with Gasteiger partial charge in [0.15, 0.2) is 0 Å². The van der Waals surface area contributed by atoms with Crippen LogP contribution in [-0.2, 0) is 16.1 Å². The van der Waals surface area contributed by atoms with Gasteiger partial charge in [-0.05, 0) is 25.5 Å². The number of aryl methyl sites for hydroxylation is 1. The first kappa shape index (κ1) is 16.6. The zero-order chi connectivity index (χ0) is 17.3. The molecule has 6 nitrogen and oxygen atoms in total. The number of carbonyl (C=O) groups excluding carboxylic acids is 1. The molecule has 7 heteroatoms. The van der Waals surface area contributed by atoms with Crippen LogP contribution in [0.15, 0.2) is 29.9 Å². The van der Waals surface area contributed by atoms with Gasteiger partial charge in [-0.25, -0.2) is 4.98 Å². The Labute approximate surface area is 150 Å². The SMILES string of the molecule is Cc1nc(COCC2CCOC23CN(C(=O)c2cccnc2)C3)cs1. The largest absolute Gasteiger partial charge is 0.375 e. The Morgan fingerprint density at radius 2 is 2.40 bits per heavy atom. The summed E-state index contributed by atoms with van der Waals surface area (Å²) in [6.07, 6.45) is 4.26. The van der Waals surface area contributed by atoms with Crippen LogP contribution in [0.5, 0.6) is 0 Å². The minimum Gasteiger partial charge on any atom is -0.375 e. The number of ether oxygens (including phenoxy) is 2. The van der Waals surface area contributed by atoms with E-state index in [1.54, 1.807) is 35.9 Å². The lowest BCUT2D eigenvalue weighted by atomic mass is 9.81. The molecule has 0 N–H and O–H groups in total. The Kier molecular flexibility index (Phi) is 4.54. The molecule has 2 aliphatic rings. The Hall–Kier alpha value is -1.83. The van der Waals surface area contributed by atoms with E-state index < -0.39 is 0 Å². The van der Waals surface area contributed by atoms with Crippen molar-refractivity contribution in [3.8, 4) is 0 Å². The van der Waals surface area contributed by atoms with Gasteiger partial charge >= 0.3 is 0 Å². The second-order valence-corrected chi connectivity index (χ2v) is 7.74. The normalized spacial score (nSPS) is 21.5. The van der Waals surface area contributed by atoms with Gasteiger partial charge < -0.3 is 14.4 Å². The molecular formula is C18H21N3O3S. The quantitative estimate of drug-likeness (QED) is 0.820.